The van der Waals surface area contributed by atoms with Crippen LogP contribution in [0.1, 0.15) is 13.3 Å². The number of hydrogen-bond donors (Lipinski definition) is 0. The van der Waals surface area contributed by atoms with Gasteiger partial charge in [0, 0.05) is 18.1 Å². The predicted octanol–water partition coefficient (Wildman–Crippen LogP) is 4.46. The Kier molecular flexibility index (Phi) is 5.72. The number of carbonyl (C=O) groups is 1. The second-order valence-corrected chi connectivity index (χ2v) is 7.62. The summed E-state index contributed by atoms with van der Waals surface area (Å²) < 4.78 is 92.9. The molecule has 0 saturated carbocycles. The van der Waals surface area contributed by atoms with E-state index >= 15 is 0 Å². The van der Waals surface area contributed by atoms with Crippen LogP contribution in [0.3, 0.4) is 0 Å². The lowest BCUT2D eigenvalue weighted by molar-refractivity contribution is -0.116. The number of benzene rings is 2. The van der Waals surface area contributed by atoms with Crippen molar-refractivity contribution >= 4 is 27.2 Å². The number of ketones is 1. The van der Waals surface area contributed by atoms with Gasteiger partial charge in [-0.3, -0.25) is 4.79 Å². The fraction of sp³-hybridized carbons (Fsp3) is 0.188. The molecular formula is C16H10ClF5O3S. The van der Waals surface area contributed by atoms with Crippen LogP contribution < -0.4 is 0 Å². The summed E-state index contributed by atoms with van der Waals surface area (Å²) in [4.78, 5) is 10.7. The van der Waals surface area contributed by atoms with E-state index in [0.29, 0.717) is 12.1 Å². The smallest absolute Gasteiger partial charge is 0.195 e. The van der Waals surface area contributed by atoms with Crippen molar-refractivity contribution in [3.63, 3.8) is 0 Å². The summed E-state index contributed by atoms with van der Waals surface area (Å²) in [6, 6.07) is 0.936. The Hall–Kier alpha value is -2.00. The second-order valence-electron chi connectivity index (χ2n) is 5.26. The third-order valence-corrected chi connectivity index (χ3v) is 5.62. The van der Waals surface area contributed by atoms with Gasteiger partial charge in [-0.15, -0.1) is 0 Å². The van der Waals surface area contributed by atoms with Gasteiger partial charge in [-0.05, 0) is 12.1 Å². The summed E-state index contributed by atoms with van der Waals surface area (Å²) in [5.41, 5.74) is -2.28. The van der Waals surface area contributed by atoms with Crippen LogP contribution >= 0.6 is 11.6 Å². The molecule has 0 bridgehead atoms. The molecular weight excluding hydrogens is 403 g/mol. The van der Waals surface area contributed by atoms with Crippen molar-refractivity contribution in [2.45, 2.75) is 18.2 Å². The van der Waals surface area contributed by atoms with Gasteiger partial charge in [0.15, 0.2) is 27.3 Å². The Balaban J connectivity index is 2.75. The number of Topliss-reactive ketones (excluding diaryl/α,β-unsaturated/α-hetero) is 1. The standard InChI is InChI=1S/C16H10ClF5O3S/c1-2-7(23)6-26(24,25)13-3-8(10(18)4-9(13)17)14-11(19)5-12(20)15(21)16(14)22/h3-5H,2,6H2,1H3. The van der Waals surface area contributed by atoms with Crippen molar-refractivity contribution in [3.05, 3.63) is 52.3 Å². The molecule has 0 aliphatic rings. The van der Waals surface area contributed by atoms with Crippen LogP contribution in [0.25, 0.3) is 11.1 Å². The predicted molar refractivity (Wildman–Crippen MR) is 84.0 cm³/mol. The van der Waals surface area contributed by atoms with Gasteiger partial charge >= 0.3 is 0 Å². The van der Waals surface area contributed by atoms with Crippen molar-refractivity contribution < 1.29 is 35.2 Å². The normalized spacial score (nSPS) is 11.7. The zero-order valence-electron chi connectivity index (χ0n) is 13.0. The first-order valence-corrected chi connectivity index (χ1v) is 9.09. The second kappa shape index (κ2) is 7.32. The van der Waals surface area contributed by atoms with Crippen LogP contribution in [0.2, 0.25) is 5.02 Å². The number of rotatable bonds is 5. The van der Waals surface area contributed by atoms with Gasteiger partial charge in [-0.25, -0.2) is 30.4 Å². The first kappa shape index (κ1) is 20.3. The fourth-order valence-corrected chi connectivity index (χ4v) is 4.10. The van der Waals surface area contributed by atoms with Gasteiger partial charge in [-0.2, -0.15) is 0 Å². The van der Waals surface area contributed by atoms with E-state index < -0.39 is 71.5 Å². The molecule has 0 aromatic heterocycles. The van der Waals surface area contributed by atoms with Gasteiger partial charge in [0.1, 0.15) is 23.2 Å². The minimum absolute atomic E-state index is 0.00340. The maximum Gasteiger partial charge on any atom is 0.195 e. The highest BCUT2D eigenvalue weighted by atomic mass is 35.5. The Morgan fingerprint density at radius 3 is 2.15 bits per heavy atom. The molecule has 26 heavy (non-hydrogen) atoms. The molecule has 140 valence electrons. The van der Waals surface area contributed by atoms with Gasteiger partial charge < -0.3 is 0 Å². The minimum atomic E-state index is -4.35. The molecule has 0 N–H and O–H groups in total. The van der Waals surface area contributed by atoms with E-state index in [0.717, 1.165) is 0 Å². The van der Waals surface area contributed by atoms with E-state index in [2.05, 4.69) is 0 Å². The zero-order chi connectivity index (χ0) is 19.8. The van der Waals surface area contributed by atoms with E-state index in [1.54, 1.807) is 0 Å². The Bertz CT molecular complexity index is 1010. The molecule has 0 aliphatic heterocycles. The molecule has 2 aromatic carbocycles. The van der Waals surface area contributed by atoms with Gasteiger partial charge in [0.25, 0.3) is 0 Å². The summed E-state index contributed by atoms with van der Waals surface area (Å²) in [5.74, 6) is -10.6. The van der Waals surface area contributed by atoms with Crippen molar-refractivity contribution in [2.75, 3.05) is 5.75 Å². The Morgan fingerprint density at radius 2 is 1.58 bits per heavy atom. The molecule has 0 amide bonds. The first-order valence-electron chi connectivity index (χ1n) is 7.06. The van der Waals surface area contributed by atoms with Crippen molar-refractivity contribution in [2.24, 2.45) is 0 Å². The van der Waals surface area contributed by atoms with Crippen LogP contribution in [0.15, 0.2) is 23.1 Å². The van der Waals surface area contributed by atoms with Crippen LogP contribution in [-0.2, 0) is 14.6 Å². The molecule has 0 spiro atoms. The van der Waals surface area contributed by atoms with Crippen molar-refractivity contribution in [1.29, 1.82) is 0 Å². The van der Waals surface area contributed by atoms with E-state index in [9.17, 15) is 35.2 Å². The van der Waals surface area contributed by atoms with Crippen LogP contribution in [0.5, 0.6) is 0 Å². The molecule has 0 radical (unpaired) electrons. The van der Waals surface area contributed by atoms with Crippen molar-refractivity contribution in [3.8, 4) is 11.1 Å². The largest absolute Gasteiger partial charge is 0.299 e. The maximum absolute atomic E-state index is 14.1. The van der Waals surface area contributed by atoms with Crippen LogP contribution in [0.4, 0.5) is 22.0 Å². The minimum Gasteiger partial charge on any atom is -0.299 e. The molecule has 0 saturated heterocycles. The van der Waals surface area contributed by atoms with Gasteiger partial charge in [-0.1, -0.05) is 18.5 Å². The SMILES string of the molecule is CCC(=O)CS(=O)(=O)c1cc(-c2c(F)cc(F)c(F)c2F)c(F)cc1Cl. The van der Waals surface area contributed by atoms with Gasteiger partial charge in [0.2, 0.25) is 0 Å². The molecule has 0 aliphatic carbocycles. The summed E-state index contributed by atoms with van der Waals surface area (Å²) in [6.45, 7) is 1.42. The monoisotopic (exact) mass is 412 g/mol. The zero-order valence-corrected chi connectivity index (χ0v) is 14.6. The summed E-state index contributed by atoms with van der Waals surface area (Å²) >= 11 is 5.68. The number of halogens is 6. The van der Waals surface area contributed by atoms with E-state index in [1.165, 1.54) is 6.92 Å². The average Bonchev–Trinajstić information content (AvgIpc) is 2.53. The number of carbonyl (C=O) groups excluding carboxylic acids is 1. The Morgan fingerprint density at radius 1 is 0.962 bits per heavy atom. The quantitative estimate of drug-likeness (QED) is 0.315. The van der Waals surface area contributed by atoms with Crippen molar-refractivity contribution in [1.82, 2.24) is 0 Å². The van der Waals surface area contributed by atoms with Gasteiger partial charge in [0.05, 0.1) is 15.5 Å². The highest BCUT2D eigenvalue weighted by Crippen LogP contribution is 2.35. The average molecular weight is 413 g/mol. The third kappa shape index (κ3) is 3.73. The highest BCUT2D eigenvalue weighted by molar-refractivity contribution is 7.92. The van der Waals surface area contributed by atoms with Crippen LogP contribution in [0, 0.1) is 29.1 Å². The lowest BCUT2D eigenvalue weighted by atomic mass is 10.0. The van der Waals surface area contributed by atoms with E-state index in [4.69, 9.17) is 11.6 Å². The third-order valence-electron chi connectivity index (χ3n) is 3.49. The first-order chi connectivity index (χ1) is 12.0. The summed E-state index contributed by atoms with van der Waals surface area (Å²) in [7, 11) is -4.35. The summed E-state index contributed by atoms with van der Waals surface area (Å²) in [6.07, 6.45) is -0.0999. The lowest BCUT2D eigenvalue weighted by Gasteiger charge is -2.12. The molecule has 3 nitrogen and oxygen atoms in total. The molecule has 0 unspecified atom stereocenters. The molecule has 2 rings (SSSR count). The fourth-order valence-electron chi connectivity index (χ4n) is 2.16. The molecule has 2 aromatic rings. The van der Waals surface area contributed by atoms with E-state index in [1.807, 2.05) is 0 Å². The maximum atomic E-state index is 14.1. The van der Waals surface area contributed by atoms with Crippen LogP contribution in [-0.4, -0.2) is 20.0 Å². The van der Waals surface area contributed by atoms with E-state index in [-0.39, 0.29) is 12.5 Å². The summed E-state index contributed by atoms with van der Waals surface area (Å²) in [5, 5.41) is -0.626. The number of hydrogen-bond acceptors (Lipinski definition) is 3. The topological polar surface area (TPSA) is 51.2 Å². The number of sulfone groups is 1. The highest BCUT2D eigenvalue weighted by Gasteiger charge is 2.27. The molecule has 0 heterocycles. The Labute approximate surface area is 150 Å². The molecule has 0 fully saturated rings. The molecule has 10 heteroatoms. The lowest BCUT2D eigenvalue weighted by Crippen LogP contribution is -2.16. The molecule has 0 atom stereocenters.